The number of thiazole rings is 1. The molecular formula is C28H38F3N3OS. The van der Waals surface area contributed by atoms with E-state index >= 15 is 0 Å². The van der Waals surface area contributed by atoms with E-state index in [0.29, 0.717) is 24.3 Å². The third-order valence-electron chi connectivity index (χ3n) is 4.66. The molecule has 8 heteroatoms. The van der Waals surface area contributed by atoms with Crippen LogP contribution >= 0.6 is 11.3 Å². The molecule has 0 saturated carbocycles. The second-order valence-corrected chi connectivity index (χ2v) is 8.31. The Kier molecular flexibility index (Phi) is 14.5. The Morgan fingerprint density at radius 1 is 1.08 bits per heavy atom. The van der Waals surface area contributed by atoms with Crippen molar-refractivity contribution in [3.8, 4) is 17.0 Å². The van der Waals surface area contributed by atoms with Crippen molar-refractivity contribution in [3.05, 3.63) is 65.6 Å². The predicted molar refractivity (Wildman–Crippen MR) is 146 cm³/mol. The van der Waals surface area contributed by atoms with E-state index < -0.39 is 11.1 Å². The van der Waals surface area contributed by atoms with Gasteiger partial charge in [0.1, 0.15) is 11.4 Å². The number of anilines is 2. The number of aromatic nitrogens is 2. The minimum atomic E-state index is -3.10. The van der Waals surface area contributed by atoms with E-state index in [1.807, 2.05) is 33.8 Å². The van der Waals surface area contributed by atoms with Crippen LogP contribution in [0.4, 0.5) is 24.0 Å². The van der Waals surface area contributed by atoms with Gasteiger partial charge < -0.3 is 10.1 Å². The number of ether oxygens (including phenoxy) is 1. The van der Waals surface area contributed by atoms with Crippen LogP contribution in [-0.2, 0) is 5.92 Å². The first-order valence-electron chi connectivity index (χ1n) is 12.5. The Morgan fingerprint density at radius 3 is 2.44 bits per heavy atom. The van der Waals surface area contributed by atoms with Crippen LogP contribution in [0.25, 0.3) is 11.3 Å². The predicted octanol–water partition coefficient (Wildman–Crippen LogP) is 9.77. The van der Waals surface area contributed by atoms with Gasteiger partial charge in [-0.1, -0.05) is 70.9 Å². The van der Waals surface area contributed by atoms with E-state index in [2.05, 4.69) is 28.3 Å². The molecule has 0 radical (unpaired) electrons. The standard InChI is InChI=1S/C24H26F3N3OS.2C2H6/c1-3-4-5-6-7-8-14-31-20-12-11-18(15-19(20)24(2,26)27)29-23-30-21(22(25)32-23)17-10-9-13-28-16-17;2*1-2/h6-7,9-13,15-16H,3-5,8,14H2,1-2H3,(H,29,30);2*1-2H3/b7-6-;;. The summed E-state index contributed by atoms with van der Waals surface area (Å²) in [6, 6.07) is 7.83. The molecule has 0 saturated heterocycles. The van der Waals surface area contributed by atoms with Crippen LogP contribution in [0.15, 0.2) is 54.9 Å². The number of hydrogen-bond donors (Lipinski definition) is 1. The highest BCUT2D eigenvalue weighted by Crippen LogP contribution is 2.38. The van der Waals surface area contributed by atoms with E-state index in [9.17, 15) is 13.2 Å². The van der Waals surface area contributed by atoms with Gasteiger partial charge in [-0.3, -0.25) is 4.98 Å². The van der Waals surface area contributed by atoms with Gasteiger partial charge in [-0.05, 0) is 43.2 Å². The summed E-state index contributed by atoms with van der Waals surface area (Å²) in [6.45, 7) is 11.3. The van der Waals surface area contributed by atoms with Crippen molar-refractivity contribution >= 4 is 22.2 Å². The van der Waals surface area contributed by atoms with Crippen LogP contribution in [0.1, 0.15) is 72.8 Å². The Morgan fingerprint density at radius 2 is 1.81 bits per heavy atom. The molecule has 2 heterocycles. The molecule has 3 aromatic rings. The number of pyridine rings is 1. The van der Waals surface area contributed by atoms with Crippen LogP contribution in [0.3, 0.4) is 0 Å². The van der Waals surface area contributed by atoms with Crippen LogP contribution in [0.5, 0.6) is 5.75 Å². The highest BCUT2D eigenvalue weighted by Gasteiger charge is 2.29. The van der Waals surface area contributed by atoms with Gasteiger partial charge >= 0.3 is 0 Å². The summed E-state index contributed by atoms with van der Waals surface area (Å²) in [6.07, 6.45) is 11.1. The molecule has 4 nitrogen and oxygen atoms in total. The monoisotopic (exact) mass is 521 g/mol. The number of nitrogens with one attached hydrogen (secondary N) is 1. The van der Waals surface area contributed by atoms with Crippen molar-refractivity contribution in [3.63, 3.8) is 0 Å². The van der Waals surface area contributed by atoms with Gasteiger partial charge in [0, 0.05) is 30.6 Å². The molecule has 0 aliphatic carbocycles. The number of nitrogens with zero attached hydrogens (tertiary/aromatic N) is 2. The minimum absolute atomic E-state index is 0.131. The average Bonchev–Trinajstić information content (AvgIpc) is 3.26. The summed E-state index contributed by atoms with van der Waals surface area (Å²) >= 11 is 0.803. The second-order valence-electron chi connectivity index (χ2n) is 7.36. The molecule has 0 amide bonds. The first-order chi connectivity index (χ1) is 17.4. The number of halogens is 3. The lowest BCUT2D eigenvalue weighted by Crippen LogP contribution is -2.11. The number of rotatable bonds is 11. The zero-order valence-corrected chi connectivity index (χ0v) is 22.9. The first-order valence-corrected chi connectivity index (χ1v) is 13.3. The zero-order valence-electron chi connectivity index (χ0n) is 22.1. The SMILES string of the molecule is CC.CC.CCCC/C=C\CCOc1ccc(Nc2nc(-c3cccnc3)c(F)s2)cc1C(C)(F)F. The minimum Gasteiger partial charge on any atom is -0.493 e. The molecule has 0 unspecified atom stereocenters. The maximum absolute atomic E-state index is 14.3. The largest absolute Gasteiger partial charge is 0.493 e. The molecule has 2 aromatic heterocycles. The summed E-state index contributed by atoms with van der Waals surface area (Å²) in [5.41, 5.74) is 0.850. The highest BCUT2D eigenvalue weighted by atomic mass is 32.1. The molecule has 198 valence electrons. The van der Waals surface area contributed by atoms with E-state index in [1.54, 1.807) is 24.4 Å². The number of hydrogen-bond acceptors (Lipinski definition) is 5. The topological polar surface area (TPSA) is 47.0 Å². The average molecular weight is 522 g/mol. The molecule has 0 spiro atoms. The van der Waals surface area contributed by atoms with E-state index in [-0.39, 0.29) is 22.1 Å². The Labute approximate surface area is 217 Å². The molecule has 0 bridgehead atoms. The van der Waals surface area contributed by atoms with Gasteiger partial charge in [-0.15, -0.1) is 0 Å². The van der Waals surface area contributed by atoms with Crippen LogP contribution in [0, 0.1) is 5.13 Å². The van der Waals surface area contributed by atoms with Crippen LogP contribution in [0.2, 0.25) is 0 Å². The molecule has 1 N–H and O–H groups in total. The van der Waals surface area contributed by atoms with Gasteiger partial charge in [-0.2, -0.15) is 4.39 Å². The van der Waals surface area contributed by atoms with Crippen LogP contribution < -0.4 is 10.1 Å². The fraction of sp³-hybridized carbons (Fsp3) is 0.429. The quantitative estimate of drug-likeness (QED) is 0.201. The maximum Gasteiger partial charge on any atom is 0.274 e. The van der Waals surface area contributed by atoms with Gasteiger partial charge in [-0.25, -0.2) is 13.8 Å². The van der Waals surface area contributed by atoms with Crippen molar-refractivity contribution in [2.75, 3.05) is 11.9 Å². The second kappa shape index (κ2) is 16.7. The molecule has 0 fully saturated rings. The fourth-order valence-electron chi connectivity index (χ4n) is 3.03. The highest BCUT2D eigenvalue weighted by molar-refractivity contribution is 7.14. The van der Waals surface area contributed by atoms with E-state index in [0.717, 1.165) is 37.5 Å². The molecule has 0 aliphatic rings. The molecular weight excluding hydrogens is 483 g/mol. The lowest BCUT2D eigenvalue weighted by molar-refractivity contribution is 0.0146. The summed E-state index contributed by atoms with van der Waals surface area (Å²) in [4.78, 5) is 8.22. The zero-order chi connectivity index (χ0) is 27.0. The summed E-state index contributed by atoms with van der Waals surface area (Å²) < 4.78 is 48.4. The molecule has 0 aliphatic heterocycles. The van der Waals surface area contributed by atoms with E-state index in [1.165, 1.54) is 18.3 Å². The van der Waals surface area contributed by atoms with E-state index in [4.69, 9.17) is 4.74 Å². The molecule has 1 aromatic carbocycles. The Hall–Kier alpha value is -2.87. The van der Waals surface area contributed by atoms with Crippen molar-refractivity contribution in [2.45, 2.75) is 73.1 Å². The number of allylic oxidation sites excluding steroid dienone is 1. The summed E-state index contributed by atoms with van der Waals surface area (Å²) in [7, 11) is 0. The molecule has 3 rings (SSSR count). The fourth-order valence-corrected chi connectivity index (χ4v) is 3.77. The lowest BCUT2D eigenvalue weighted by Gasteiger charge is -2.17. The Balaban J connectivity index is 0.00000154. The summed E-state index contributed by atoms with van der Waals surface area (Å²) in [5.74, 6) is -2.97. The van der Waals surface area contributed by atoms with Crippen molar-refractivity contribution in [1.82, 2.24) is 9.97 Å². The third-order valence-corrected chi connectivity index (χ3v) is 5.42. The van der Waals surface area contributed by atoms with Gasteiger partial charge in [0.25, 0.3) is 5.92 Å². The number of benzene rings is 1. The van der Waals surface area contributed by atoms with Crippen LogP contribution in [-0.4, -0.2) is 16.6 Å². The van der Waals surface area contributed by atoms with Gasteiger partial charge in [0.2, 0.25) is 5.13 Å². The normalized spacial score (nSPS) is 10.8. The maximum atomic E-state index is 14.3. The Bertz CT molecular complexity index is 1030. The number of alkyl halides is 2. The molecule has 36 heavy (non-hydrogen) atoms. The van der Waals surface area contributed by atoms with Crippen molar-refractivity contribution in [1.29, 1.82) is 0 Å². The third kappa shape index (κ3) is 10.0. The number of unbranched alkanes of at least 4 members (excludes halogenated alkanes) is 2. The first kappa shape index (κ1) is 31.2. The summed E-state index contributed by atoms with van der Waals surface area (Å²) in [5, 5.41) is 2.70. The lowest BCUT2D eigenvalue weighted by atomic mass is 10.1. The van der Waals surface area contributed by atoms with Gasteiger partial charge in [0.05, 0.1) is 12.2 Å². The smallest absolute Gasteiger partial charge is 0.274 e. The van der Waals surface area contributed by atoms with Crippen molar-refractivity contribution < 1.29 is 17.9 Å². The van der Waals surface area contributed by atoms with Crippen molar-refractivity contribution in [2.24, 2.45) is 0 Å². The molecule has 0 atom stereocenters. The van der Waals surface area contributed by atoms with Gasteiger partial charge in [0.15, 0.2) is 5.13 Å².